The van der Waals surface area contributed by atoms with Crippen molar-refractivity contribution in [3.05, 3.63) is 11.9 Å². The van der Waals surface area contributed by atoms with Gasteiger partial charge in [0.15, 0.2) is 0 Å². The van der Waals surface area contributed by atoms with Crippen molar-refractivity contribution in [2.24, 2.45) is 7.05 Å². The van der Waals surface area contributed by atoms with Crippen LogP contribution in [0.5, 0.6) is 0 Å². The average molecular weight is 252 g/mol. The zero-order chi connectivity index (χ0) is 13.0. The van der Waals surface area contributed by atoms with Gasteiger partial charge in [-0.1, -0.05) is 6.92 Å². The highest BCUT2D eigenvalue weighted by Gasteiger charge is 2.17. The average Bonchev–Trinajstić information content (AvgIpc) is 2.77. The second-order valence-corrected chi connectivity index (χ2v) is 4.36. The van der Waals surface area contributed by atoms with Crippen molar-refractivity contribution in [3.8, 4) is 0 Å². The number of anilines is 1. The third-order valence-electron chi connectivity index (χ3n) is 3.03. The summed E-state index contributed by atoms with van der Waals surface area (Å²) in [5.74, 6) is 0.115. The third-order valence-corrected chi connectivity index (χ3v) is 3.03. The van der Waals surface area contributed by atoms with E-state index in [0.717, 1.165) is 17.8 Å². The Morgan fingerprint density at radius 3 is 2.89 bits per heavy atom. The van der Waals surface area contributed by atoms with Crippen LogP contribution >= 0.6 is 0 Å². The summed E-state index contributed by atoms with van der Waals surface area (Å²) in [6.45, 7) is 5.02. The first-order valence-corrected chi connectivity index (χ1v) is 6.32. The van der Waals surface area contributed by atoms with Crippen LogP contribution in [0.4, 0.5) is 5.69 Å². The topological polar surface area (TPSA) is 59.4 Å². The molecule has 0 aromatic carbocycles. The molecular formula is C12H20N4O2. The van der Waals surface area contributed by atoms with E-state index in [9.17, 15) is 4.79 Å². The van der Waals surface area contributed by atoms with Crippen LogP contribution in [0.3, 0.4) is 0 Å². The molecule has 2 heterocycles. The first-order chi connectivity index (χ1) is 8.70. The Hall–Kier alpha value is -1.56. The smallest absolute Gasteiger partial charge is 0.242 e. The molecule has 1 aliphatic rings. The van der Waals surface area contributed by atoms with E-state index in [1.165, 1.54) is 0 Å². The summed E-state index contributed by atoms with van der Waals surface area (Å²) < 4.78 is 6.99. The summed E-state index contributed by atoms with van der Waals surface area (Å²) in [6, 6.07) is 0. The quantitative estimate of drug-likeness (QED) is 0.834. The van der Waals surface area contributed by atoms with Gasteiger partial charge in [-0.25, -0.2) is 0 Å². The van der Waals surface area contributed by atoms with E-state index in [1.54, 1.807) is 4.68 Å². The maximum absolute atomic E-state index is 12.0. The lowest BCUT2D eigenvalue weighted by atomic mass is 10.3. The first kappa shape index (κ1) is 12.9. The van der Waals surface area contributed by atoms with Gasteiger partial charge in [-0.3, -0.25) is 9.48 Å². The zero-order valence-corrected chi connectivity index (χ0v) is 11.0. The van der Waals surface area contributed by atoms with Crippen molar-refractivity contribution in [2.75, 3.05) is 38.2 Å². The summed E-state index contributed by atoms with van der Waals surface area (Å²) >= 11 is 0. The highest BCUT2D eigenvalue weighted by Crippen LogP contribution is 2.13. The molecule has 18 heavy (non-hydrogen) atoms. The van der Waals surface area contributed by atoms with Gasteiger partial charge in [0.2, 0.25) is 5.91 Å². The molecule has 6 heteroatoms. The molecule has 0 radical (unpaired) electrons. The Bertz CT molecular complexity index is 410. The van der Waals surface area contributed by atoms with Gasteiger partial charge in [0.1, 0.15) is 0 Å². The molecule has 1 fully saturated rings. The number of nitrogens with one attached hydrogen (secondary N) is 1. The minimum atomic E-state index is 0.115. The first-order valence-electron chi connectivity index (χ1n) is 6.32. The van der Waals surface area contributed by atoms with Crippen LogP contribution in [-0.2, 0) is 23.0 Å². The summed E-state index contributed by atoms with van der Waals surface area (Å²) in [6.07, 6.45) is 2.76. The van der Waals surface area contributed by atoms with Crippen LogP contribution in [-0.4, -0.2) is 53.4 Å². The Morgan fingerprint density at radius 2 is 2.22 bits per heavy atom. The van der Waals surface area contributed by atoms with E-state index in [-0.39, 0.29) is 5.91 Å². The molecule has 0 saturated carbocycles. The summed E-state index contributed by atoms with van der Waals surface area (Å²) in [7, 11) is 1.88. The Labute approximate surface area is 107 Å². The number of hydrogen-bond acceptors (Lipinski definition) is 4. The van der Waals surface area contributed by atoms with E-state index in [2.05, 4.69) is 17.3 Å². The molecule has 1 aromatic rings. The maximum atomic E-state index is 12.0. The molecule has 1 saturated heterocycles. The van der Waals surface area contributed by atoms with Gasteiger partial charge < -0.3 is 15.0 Å². The highest BCUT2D eigenvalue weighted by molar-refractivity contribution is 5.81. The van der Waals surface area contributed by atoms with Gasteiger partial charge >= 0.3 is 0 Å². The van der Waals surface area contributed by atoms with Crippen molar-refractivity contribution >= 4 is 11.6 Å². The lowest BCUT2D eigenvalue weighted by molar-refractivity contribution is -0.133. The molecule has 2 rings (SSSR count). The van der Waals surface area contributed by atoms with E-state index in [0.29, 0.717) is 32.8 Å². The van der Waals surface area contributed by atoms with E-state index < -0.39 is 0 Å². The number of ether oxygens (including phenoxy) is 1. The lowest BCUT2D eigenvalue weighted by Gasteiger charge is -2.27. The van der Waals surface area contributed by atoms with Crippen molar-refractivity contribution in [2.45, 2.75) is 13.3 Å². The minimum absolute atomic E-state index is 0.115. The fourth-order valence-corrected chi connectivity index (χ4v) is 2.04. The number of aromatic nitrogens is 2. The lowest BCUT2D eigenvalue weighted by Crippen LogP contribution is -2.43. The molecule has 1 amide bonds. The minimum Gasteiger partial charge on any atom is -0.378 e. The molecule has 0 aliphatic carbocycles. The number of morpholine rings is 1. The predicted molar refractivity (Wildman–Crippen MR) is 68.5 cm³/mol. The Balaban J connectivity index is 1.88. The number of carbonyl (C=O) groups is 1. The summed E-state index contributed by atoms with van der Waals surface area (Å²) in [5.41, 5.74) is 1.94. The van der Waals surface area contributed by atoms with Gasteiger partial charge in [-0.2, -0.15) is 5.10 Å². The monoisotopic (exact) mass is 252 g/mol. The molecule has 100 valence electrons. The van der Waals surface area contributed by atoms with Gasteiger partial charge in [0, 0.05) is 26.3 Å². The van der Waals surface area contributed by atoms with Crippen LogP contribution < -0.4 is 5.32 Å². The SMILES string of the molecule is CCc1nn(C)cc1NCC(=O)N1CCOCC1. The number of hydrogen-bond donors (Lipinski definition) is 1. The molecule has 0 atom stereocenters. The van der Waals surface area contributed by atoms with Crippen molar-refractivity contribution in [1.29, 1.82) is 0 Å². The molecule has 1 aliphatic heterocycles. The van der Waals surface area contributed by atoms with Crippen LogP contribution in [0.15, 0.2) is 6.20 Å². The zero-order valence-electron chi connectivity index (χ0n) is 11.0. The van der Waals surface area contributed by atoms with Gasteiger partial charge in [-0.05, 0) is 6.42 Å². The van der Waals surface area contributed by atoms with Crippen LogP contribution in [0.2, 0.25) is 0 Å². The number of aryl methyl sites for hydroxylation is 2. The Morgan fingerprint density at radius 1 is 1.50 bits per heavy atom. The number of rotatable bonds is 4. The van der Waals surface area contributed by atoms with Crippen molar-refractivity contribution in [1.82, 2.24) is 14.7 Å². The van der Waals surface area contributed by atoms with Gasteiger partial charge in [-0.15, -0.1) is 0 Å². The molecule has 0 bridgehead atoms. The second-order valence-electron chi connectivity index (χ2n) is 4.36. The highest BCUT2D eigenvalue weighted by atomic mass is 16.5. The molecule has 1 aromatic heterocycles. The van der Waals surface area contributed by atoms with Crippen LogP contribution in [0.25, 0.3) is 0 Å². The number of nitrogens with zero attached hydrogens (tertiary/aromatic N) is 3. The number of carbonyl (C=O) groups excluding carboxylic acids is 1. The normalized spacial score (nSPS) is 15.8. The molecule has 0 spiro atoms. The van der Waals surface area contributed by atoms with Crippen molar-refractivity contribution in [3.63, 3.8) is 0 Å². The third kappa shape index (κ3) is 3.01. The largest absolute Gasteiger partial charge is 0.378 e. The fourth-order valence-electron chi connectivity index (χ4n) is 2.04. The standard InChI is InChI=1S/C12H20N4O2/c1-3-10-11(9-15(2)14-10)13-8-12(17)16-4-6-18-7-5-16/h9,13H,3-8H2,1-2H3. The molecule has 6 nitrogen and oxygen atoms in total. The molecular weight excluding hydrogens is 232 g/mol. The summed E-state index contributed by atoms with van der Waals surface area (Å²) in [4.78, 5) is 13.8. The summed E-state index contributed by atoms with van der Waals surface area (Å²) in [5, 5.41) is 7.50. The van der Waals surface area contributed by atoms with Crippen molar-refractivity contribution < 1.29 is 9.53 Å². The Kier molecular flexibility index (Phi) is 4.19. The second kappa shape index (κ2) is 5.86. The molecule has 1 N–H and O–H groups in total. The fraction of sp³-hybridized carbons (Fsp3) is 0.667. The maximum Gasteiger partial charge on any atom is 0.242 e. The predicted octanol–water partition coefficient (Wildman–Crippen LogP) is 0.253. The van der Waals surface area contributed by atoms with Crippen LogP contribution in [0, 0.1) is 0 Å². The van der Waals surface area contributed by atoms with E-state index in [4.69, 9.17) is 4.74 Å². The van der Waals surface area contributed by atoms with Crippen LogP contribution in [0.1, 0.15) is 12.6 Å². The van der Waals surface area contributed by atoms with Gasteiger partial charge in [0.05, 0.1) is 31.1 Å². The van der Waals surface area contributed by atoms with E-state index >= 15 is 0 Å². The van der Waals surface area contributed by atoms with E-state index in [1.807, 2.05) is 18.1 Å². The molecule has 0 unspecified atom stereocenters. The van der Waals surface area contributed by atoms with Gasteiger partial charge in [0.25, 0.3) is 0 Å². The number of amides is 1.